The summed E-state index contributed by atoms with van der Waals surface area (Å²) in [6, 6.07) is 9.04. The lowest BCUT2D eigenvalue weighted by Gasteiger charge is -2.45. The van der Waals surface area contributed by atoms with Crippen LogP contribution in [0.3, 0.4) is 0 Å². The summed E-state index contributed by atoms with van der Waals surface area (Å²) in [5.41, 5.74) is 5.29. The van der Waals surface area contributed by atoms with Crippen molar-refractivity contribution in [1.82, 2.24) is 9.38 Å². The molecule has 0 amide bonds. The fourth-order valence-electron chi connectivity index (χ4n) is 5.05. The molecule has 5 rings (SSSR count). The van der Waals surface area contributed by atoms with Gasteiger partial charge in [-0.1, -0.05) is 37.5 Å². The average molecular weight is 321 g/mol. The number of benzene rings is 1. The molecule has 2 aromatic heterocycles. The molecule has 124 valence electrons. The first-order valence-corrected chi connectivity index (χ1v) is 9.03. The maximum Gasteiger partial charge on any atom is 0.306 e. The van der Waals surface area contributed by atoms with Crippen LogP contribution in [0.25, 0.3) is 5.84 Å². The Hall–Kier alpha value is -2.23. The predicted octanol–water partition coefficient (Wildman–Crippen LogP) is 4.98. The number of oxazole rings is 1. The van der Waals surface area contributed by atoms with Crippen LogP contribution in [0, 0.1) is 6.92 Å². The van der Waals surface area contributed by atoms with Gasteiger partial charge in [0.25, 0.3) is 0 Å². The van der Waals surface area contributed by atoms with Gasteiger partial charge in [0, 0.05) is 11.9 Å². The van der Waals surface area contributed by atoms with Gasteiger partial charge in [-0.2, -0.15) is 4.98 Å². The number of aryl methyl sites for hydroxylation is 1. The number of aromatic nitrogens is 2. The highest BCUT2D eigenvalue weighted by atomic mass is 16.3. The minimum atomic E-state index is 0.0441. The van der Waals surface area contributed by atoms with Gasteiger partial charge in [-0.05, 0) is 38.3 Å². The van der Waals surface area contributed by atoms with Crippen molar-refractivity contribution in [2.24, 2.45) is 0 Å². The summed E-state index contributed by atoms with van der Waals surface area (Å²) in [6.07, 6.45) is 10.1. The molecule has 1 aliphatic carbocycles. The molecular weight excluding hydrogens is 298 g/mol. The van der Waals surface area contributed by atoms with E-state index in [1.165, 1.54) is 54.7 Å². The number of fused-ring (bicyclic) bond motifs is 4. The molecule has 24 heavy (non-hydrogen) atoms. The molecule has 0 saturated heterocycles. The number of nitrogens with zero attached hydrogens (tertiary/aromatic N) is 3. The van der Waals surface area contributed by atoms with Crippen LogP contribution in [-0.2, 0) is 5.54 Å². The first-order chi connectivity index (χ1) is 11.7. The van der Waals surface area contributed by atoms with E-state index >= 15 is 0 Å². The Labute approximate surface area is 142 Å². The second-order valence-electron chi connectivity index (χ2n) is 7.33. The van der Waals surface area contributed by atoms with Crippen molar-refractivity contribution in [2.45, 2.75) is 57.5 Å². The third kappa shape index (κ3) is 1.66. The molecule has 0 unspecified atom stereocenters. The Morgan fingerprint density at radius 1 is 1.17 bits per heavy atom. The third-order valence-electron chi connectivity index (χ3n) is 6.03. The van der Waals surface area contributed by atoms with E-state index in [9.17, 15) is 0 Å². The van der Waals surface area contributed by atoms with Crippen molar-refractivity contribution in [3.63, 3.8) is 0 Å². The first-order valence-electron chi connectivity index (χ1n) is 9.03. The summed E-state index contributed by atoms with van der Waals surface area (Å²) < 4.78 is 7.79. The van der Waals surface area contributed by atoms with Crippen LogP contribution in [0.5, 0.6) is 0 Å². The van der Waals surface area contributed by atoms with Crippen molar-refractivity contribution >= 4 is 11.5 Å². The molecule has 1 spiro atoms. The van der Waals surface area contributed by atoms with E-state index in [2.05, 4.69) is 47.4 Å². The largest absolute Gasteiger partial charge is 0.432 e. The van der Waals surface area contributed by atoms with Crippen molar-refractivity contribution in [3.05, 3.63) is 53.7 Å². The Bertz CT molecular complexity index is 901. The van der Waals surface area contributed by atoms with Gasteiger partial charge in [0.1, 0.15) is 6.26 Å². The Morgan fingerprint density at radius 2 is 1.96 bits per heavy atom. The van der Waals surface area contributed by atoms with Crippen LogP contribution in [0.2, 0.25) is 0 Å². The van der Waals surface area contributed by atoms with Crippen LogP contribution in [-0.4, -0.2) is 9.38 Å². The highest BCUT2D eigenvalue weighted by Gasteiger charge is 2.52. The zero-order valence-corrected chi connectivity index (χ0v) is 14.3. The summed E-state index contributed by atoms with van der Waals surface area (Å²) in [4.78, 5) is 7.50. The minimum absolute atomic E-state index is 0.0441. The van der Waals surface area contributed by atoms with E-state index in [-0.39, 0.29) is 11.6 Å². The van der Waals surface area contributed by atoms with Crippen LogP contribution < -0.4 is 4.90 Å². The molecular formula is C20H23N3O. The fraction of sp³-hybridized carbons (Fsp3) is 0.450. The monoisotopic (exact) mass is 321 g/mol. The van der Waals surface area contributed by atoms with Crippen molar-refractivity contribution in [2.75, 3.05) is 4.90 Å². The summed E-state index contributed by atoms with van der Waals surface area (Å²) in [7, 11) is 0. The minimum Gasteiger partial charge on any atom is -0.432 e. The highest BCUT2D eigenvalue weighted by Crippen LogP contribution is 2.55. The topological polar surface area (TPSA) is 33.7 Å². The van der Waals surface area contributed by atoms with Crippen LogP contribution in [0.4, 0.5) is 5.69 Å². The molecule has 1 atom stereocenters. The molecule has 1 aromatic carbocycles. The smallest absolute Gasteiger partial charge is 0.306 e. The lowest BCUT2D eigenvalue weighted by Crippen LogP contribution is -2.45. The van der Waals surface area contributed by atoms with Gasteiger partial charge in [-0.15, -0.1) is 0 Å². The zero-order chi connectivity index (χ0) is 16.3. The van der Waals surface area contributed by atoms with Gasteiger partial charge in [0.2, 0.25) is 0 Å². The van der Waals surface area contributed by atoms with Gasteiger partial charge in [-0.25, -0.2) is 0 Å². The SMILES string of the molecule is Cc1ccccc1N1[C@@H](C)c2nc3occn3c2C12CCCCC2. The van der Waals surface area contributed by atoms with E-state index in [1.54, 1.807) is 6.26 Å². The number of imidazole rings is 1. The molecule has 0 N–H and O–H groups in total. The molecule has 4 heteroatoms. The Balaban J connectivity index is 1.78. The second-order valence-corrected chi connectivity index (χ2v) is 7.33. The van der Waals surface area contributed by atoms with Gasteiger partial charge < -0.3 is 9.32 Å². The molecule has 2 aliphatic rings. The summed E-state index contributed by atoms with van der Waals surface area (Å²) >= 11 is 0. The number of anilines is 1. The van der Waals surface area contributed by atoms with Gasteiger partial charge in [0.15, 0.2) is 0 Å². The molecule has 0 radical (unpaired) electrons. The van der Waals surface area contributed by atoms with E-state index in [0.29, 0.717) is 0 Å². The number of hydrogen-bond donors (Lipinski definition) is 0. The summed E-state index contributed by atoms with van der Waals surface area (Å²) in [5.74, 6) is 0.737. The maximum absolute atomic E-state index is 5.60. The van der Waals surface area contributed by atoms with Crippen LogP contribution in [0.15, 0.2) is 41.1 Å². The third-order valence-corrected chi connectivity index (χ3v) is 6.03. The molecule has 1 fully saturated rings. The van der Waals surface area contributed by atoms with Gasteiger partial charge >= 0.3 is 5.84 Å². The number of para-hydroxylation sites is 1. The quantitative estimate of drug-likeness (QED) is 0.634. The molecule has 3 aromatic rings. The Kier molecular flexibility index (Phi) is 2.88. The molecule has 4 nitrogen and oxygen atoms in total. The van der Waals surface area contributed by atoms with E-state index < -0.39 is 0 Å². The van der Waals surface area contributed by atoms with Crippen molar-refractivity contribution in [3.8, 4) is 0 Å². The lowest BCUT2D eigenvalue weighted by molar-refractivity contribution is 0.276. The van der Waals surface area contributed by atoms with Gasteiger partial charge in [-0.3, -0.25) is 4.40 Å². The lowest BCUT2D eigenvalue weighted by atomic mass is 9.79. The molecule has 3 heterocycles. The van der Waals surface area contributed by atoms with Crippen LogP contribution >= 0.6 is 0 Å². The van der Waals surface area contributed by atoms with Crippen molar-refractivity contribution < 1.29 is 4.42 Å². The maximum atomic E-state index is 5.60. The normalized spacial score (nSPS) is 22.4. The highest BCUT2D eigenvalue weighted by molar-refractivity contribution is 5.63. The predicted molar refractivity (Wildman–Crippen MR) is 94.3 cm³/mol. The van der Waals surface area contributed by atoms with Crippen LogP contribution in [0.1, 0.15) is 62.0 Å². The second kappa shape index (κ2) is 4.88. The summed E-state index contributed by atoms with van der Waals surface area (Å²) in [6.45, 7) is 4.51. The fourth-order valence-corrected chi connectivity index (χ4v) is 5.05. The average Bonchev–Trinajstić information content (AvgIpc) is 3.22. The van der Waals surface area contributed by atoms with Crippen molar-refractivity contribution in [1.29, 1.82) is 0 Å². The molecule has 1 saturated carbocycles. The molecule has 0 bridgehead atoms. The van der Waals surface area contributed by atoms with E-state index in [0.717, 1.165) is 5.84 Å². The first kappa shape index (κ1) is 14.1. The standard InChI is InChI=1S/C20H23N3O/c1-14-8-4-5-9-16(14)23-15(2)17-18(20(23)10-6-3-7-11-20)22-12-13-24-19(22)21-17/h4-5,8-9,12-13,15H,3,6-7,10-11H2,1-2H3/t15-/m0/s1. The van der Waals surface area contributed by atoms with E-state index in [4.69, 9.17) is 9.40 Å². The zero-order valence-electron chi connectivity index (χ0n) is 14.3. The Morgan fingerprint density at radius 3 is 2.75 bits per heavy atom. The summed E-state index contributed by atoms with van der Waals surface area (Å²) in [5, 5.41) is 0. The number of rotatable bonds is 1. The van der Waals surface area contributed by atoms with Gasteiger partial charge in [0.05, 0.1) is 23.0 Å². The number of hydrogen-bond acceptors (Lipinski definition) is 3. The van der Waals surface area contributed by atoms with E-state index in [1.807, 2.05) is 6.20 Å². The molecule has 1 aliphatic heterocycles.